The molecule has 0 aliphatic carbocycles. The minimum absolute atomic E-state index is 0.0763. The molecule has 2 atom stereocenters. The van der Waals surface area contributed by atoms with Gasteiger partial charge in [0.25, 0.3) is 0 Å². The predicted molar refractivity (Wildman–Crippen MR) is 236 cm³/mol. The molecule has 12 nitrogen and oxygen atoms in total. The van der Waals surface area contributed by atoms with Crippen LogP contribution in [0.25, 0.3) is 0 Å². The van der Waals surface area contributed by atoms with Crippen molar-refractivity contribution in [1.82, 2.24) is 4.90 Å². The van der Waals surface area contributed by atoms with Gasteiger partial charge in [0.2, 0.25) is 0 Å². The highest BCUT2D eigenvalue weighted by molar-refractivity contribution is 5.71. The number of hydrogen-bond acceptors (Lipinski definition) is 12. The number of carbonyl (C=O) groups is 4. The van der Waals surface area contributed by atoms with Crippen molar-refractivity contribution in [3.8, 4) is 0 Å². The molecule has 0 aromatic carbocycles. The van der Waals surface area contributed by atoms with Crippen molar-refractivity contribution < 1.29 is 52.3 Å². The van der Waals surface area contributed by atoms with Gasteiger partial charge in [-0.05, 0) is 109 Å². The zero-order valence-corrected chi connectivity index (χ0v) is 38.1. The standard InChI is InChI=1S/C48H83NO11/c1-5-9-12-15-18-21-24-34-54-44(50)29-22-23-30-45(51)57-39-43(41-60-48(53)59-38-42-28-27-33-49(8-4)37-42)40-58-46(52)31-32-47(55-35-25-19-16-13-10-6-2)56-36-26-20-17-14-11-7-3/h10-11,13-14,18,21,42-43,47H,5-9,12,15-17,19-20,22-41H2,1-4H3/b13-10-,14-11-,21-18-. The molecule has 12 heteroatoms. The van der Waals surface area contributed by atoms with Crippen LogP contribution in [0.3, 0.4) is 0 Å². The highest BCUT2D eigenvalue weighted by Crippen LogP contribution is 2.17. The molecule has 0 saturated carbocycles. The Balaban J connectivity index is 2.61. The van der Waals surface area contributed by atoms with E-state index in [-0.39, 0.29) is 57.6 Å². The molecule has 1 aliphatic heterocycles. The van der Waals surface area contributed by atoms with E-state index in [2.05, 4.69) is 63.0 Å². The van der Waals surface area contributed by atoms with Crippen molar-refractivity contribution in [3.05, 3.63) is 36.5 Å². The summed E-state index contributed by atoms with van der Waals surface area (Å²) in [6.45, 7) is 12.7. The van der Waals surface area contributed by atoms with Crippen LogP contribution >= 0.6 is 0 Å². The molecular weight excluding hydrogens is 767 g/mol. The second kappa shape index (κ2) is 39.9. The summed E-state index contributed by atoms with van der Waals surface area (Å²) < 4.78 is 39.3. The molecule has 1 rings (SSSR count). The van der Waals surface area contributed by atoms with Gasteiger partial charge >= 0.3 is 24.1 Å². The van der Waals surface area contributed by atoms with Gasteiger partial charge in [-0.25, -0.2) is 4.79 Å². The number of likely N-dealkylation sites (tertiary alicyclic amines) is 1. The van der Waals surface area contributed by atoms with E-state index >= 15 is 0 Å². The molecule has 1 heterocycles. The summed E-state index contributed by atoms with van der Waals surface area (Å²) >= 11 is 0. The quantitative estimate of drug-likeness (QED) is 0.0192. The summed E-state index contributed by atoms with van der Waals surface area (Å²) in [7, 11) is 0. The van der Waals surface area contributed by atoms with Crippen LogP contribution in [0.4, 0.5) is 4.79 Å². The summed E-state index contributed by atoms with van der Waals surface area (Å²) in [6.07, 6.45) is 28.5. The average Bonchev–Trinajstić information content (AvgIpc) is 3.25. The molecule has 2 unspecified atom stereocenters. The van der Waals surface area contributed by atoms with Crippen LogP contribution in [-0.4, -0.2) is 101 Å². The molecule has 0 bridgehead atoms. The van der Waals surface area contributed by atoms with Crippen molar-refractivity contribution in [3.63, 3.8) is 0 Å². The number of allylic oxidation sites excluding steroid dienone is 5. The zero-order valence-electron chi connectivity index (χ0n) is 38.1. The SMILES string of the molecule is CC/C=C\CCCCOC(CCC(=O)OCC(COC(=O)CCCCC(=O)OCC/C=C\CCCCC)COC(=O)OCC1CCCN(CC)C1)OCCCC/C=C\CC. The van der Waals surface area contributed by atoms with Gasteiger partial charge in [-0.1, -0.05) is 77.0 Å². The van der Waals surface area contributed by atoms with Gasteiger partial charge in [-0.3, -0.25) is 14.4 Å². The van der Waals surface area contributed by atoms with Gasteiger partial charge in [-0.15, -0.1) is 0 Å². The maximum absolute atomic E-state index is 13.0. The monoisotopic (exact) mass is 850 g/mol. The lowest BCUT2D eigenvalue weighted by Gasteiger charge is -2.31. The van der Waals surface area contributed by atoms with Crippen LogP contribution in [-0.2, 0) is 47.5 Å². The Morgan fingerprint density at radius 3 is 1.73 bits per heavy atom. The Morgan fingerprint density at radius 1 is 0.583 bits per heavy atom. The van der Waals surface area contributed by atoms with Crippen LogP contribution in [0.1, 0.15) is 163 Å². The van der Waals surface area contributed by atoms with Crippen molar-refractivity contribution in [2.75, 3.05) is 65.9 Å². The number of ether oxygens (including phenoxy) is 7. The Kier molecular flexibility index (Phi) is 36.4. The molecule has 1 aliphatic rings. The fraction of sp³-hybridized carbons (Fsp3) is 0.792. The number of piperidine rings is 1. The zero-order chi connectivity index (χ0) is 43.7. The summed E-state index contributed by atoms with van der Waals surface area (Å²) in [5, 5.41) is 0. The molecule has 0 amide bonds. The highest BCUT2D eigenvalue weighted by atomic mass is 16.7. The number of unbranched alkanes of at least 4 members (excludes halogenated alkanes) is 8. The number of esters is 3. The lowest BCUT2D eigenvalue weighted by atomic mass is 9.99. The van der Waals surface area contributed by atoms with Gasteiger partial charge in [0.05, 0.1) is 25.6 Å². The van der Waals surface area contributed by atoms with Gasteiger partial charge < -0.3 is 38.1 Å². The van der Waals surface area contributed by atoms with Gasteiger partial charge in [0.1, 0.15) is 19.8 Å². The third-order valence-corrected chi connectivity index (χ3v) is 10.1. The molecule has 60 heavy (non-hydrogen) atoms. The van der Waals surface area contributed by atoms with Crippen molar-refractivity contribution in [2.24, 2.45) is 11.8 Å². The second-order valence-electron chi connectivity index (χ2n) is 15.6. The molecular formula is C48H83NO11. The van der Waals surface area contributed by atoms with Crippen LogP contribution in [0.5, 0.6) is 0 Å². The third kappa shape index (κ3) is 33.5. The van der Waals surface area contributed by atoms with Crippen molar-refractivity contribution in [1.29, 1.82) is 0 Å². The average molecular weight is 850 g/mol. The Bertz CT molecular complexity index is 1150. The fourth-order valence-corrected chi connectivity index (χ4v) is 6.48. The van der Waals surface area contributed by atoms with E-state index in [1.165, 1.54) is 19.3 Å². The molecule has 0 N–H and O–H groups in total. The lowest BCUT2D eigenvalue weighted by Crippen LogP contribution is -2.37. The van der Waals surface area contributed by atoms with Gasteiger partial charge in [0.15, 0.2) is 6.29 Å². The first-order valence-electron chi connectivity index (χ1n) is 23.5. The third-order valence-electron chi connectivity index (χ3n) is 10.1. The molecule has 1 fully saturated rings. The van der Waals surface area contributed by atoms with Gasteiger partial charge in [-0.2, -0.15) is 0 Å². The maximum Gasteiger partial charge on any atom is 0.508 e. The number of rotatable bonds is 38. The Hall–Kier alpha value is -3.22. The maximum atomic E-state index is 13.0. The highest BCUT2D eigenvalue weighted by Gasteiger charge is 2.23. The van der Waals surface area contributed by atoms with E-state index < -0.39 is 30.3 Å². The van der Waals surface area contributed by atoms with Crippen LogP contribution < -0.4 is 0 Å². The fourth-order valence-electron chi connectivity index (χ4n) is 6.48. The van der Waals surface area contributed by atoms with E-state index in [4.69, 9.17) is 33.2 Å². The smallest absolute Gasteiger partial charge is 0.465 e. The largest absolute Gasteiger partial charge is 0.508 e. The van der Waals surface area contributed by atoms with Crippen LogP contribution in [0.2, 0.25) is 0 Å². The summed E-state index contributed by atoms with van der Waals surface area (Å²) in [5.74, 6) is -1.54. The van der Waals surface area contributed by atoms with Gasteiger partial charge in [0, 0.05) is 44.9 Å². The summed E-state index contributed by atoms with van der Waals surface area (Å²) in [4.78, 5) is 52.6. The number of hydrogen-bond donors (Lipinski definition) is 0. The second-order valence-corrected chi connectivity index (χ2v) is 15.6. The van der Waals surface area contributed by atoms with Crippen LogP contribution in [0.15, 0.2) is 36.5 Å². The number of nitrogens with zero attached hydrogens (tertiary/aromatic N) is 1. The van der Waals surface area contributed by atoms with E-state index in [0.717, 1.165) is 90.3 Å². The Labute approximate surface area is 363 Å². The van der Waals surface area contributed by atoms with E-state index in [1.807, 2.05) is 6.08 Å². The first-order valence-corrected chi connectivity index (χ1v) is 23.5. The molecule has 0 spiro atoms. The van der Waals surface area contributed by atoms with E-state index in [9.17, 15) is 19.2 Å². The normalized spacial score (nSPS) is 15.2. The summed E-state index contributed by atoms with van der Waals surface area (Å²) in [5.41, 5.74) is 0. The Morgan fingerprint density at radius 2 is 1.13 bits per heavy atom. The van der Waals surface area contributed by atoms with E-state index in [1.54, 1.807) is 0 Å². The topological polar surface area (TPSA) is 136 Å². The predicted octanol–water partition coefficient (Wildman–Crippen LogP) is 10.6. The molecule has 346 valence electrons. The number of carbonyl (C=O) groups excluding carboxylic acids is 4. The molecule has 0 radical (unpaired) electrons. The van der Waals surface area contributed by atoms with Crippen LogP contribution in [0, 0.1) is 11.8 Å². The molecule has 0 aromatic heterocycles. The minimum Gasteiger partial charge on any atom is -0.465 e. The lowest BCUT2D eigenvalue weighted by molar-refractivity contribution is -0.161. The van der Waals surface area contributed by atoms with E-state index in [0.29, 0.717) is 45.5 Å². The molecule has 1 saturated heterocycles. The van der Waals surface area contributed by atoms with Crippen molar-refractivity contribution >= 4 is 24.1 Å². The minimum atomic E-state index is -0.805. The first kappa shape index (κ1) is 54.8. The first-order chi connectivity index (χ1) is 29.3. The summed E-state index contributed by atoms with van der Waals surface area (Å²) in [6, 6.07) is 0. The van der Waals surface area contributed by atoms with Crippen molar-refractivity contribution in [2.45, 2.75) is 169 Å². The molecule has 0 aromatic rings.